The van der Waals surface area contributed by atoms with E-state index >= 15 is 0 Å². The average Bonchev–Trinajstić information content (AvgIpc) is 3.49. The summed E-state index contributed by atoms with van der Waals surface area (Å²) in [5.74, 6) is 0.119. The molecule has 0 amide bonds. The minimum absolute atomic E-state index is 0.215. The minimum Gasteiger partial charge on any atom is -0.494 e. The Hall–Kier alpha value is -4.69. The number of allylic oxidation sites excluding steroid dienone is 1. The molecule has 8 heteroatoms. The standard InChI is InChI=1S/C34H31N3O4S/c1-4-40-28-18-12-10-16-26(28)31-30(33(39)41-5-2)22(3)35-34-37(31)32(38)29(42-34)19-24-21-36(20-23-13-7-6-8-14-23)27-17-11-9-15-25(24)27/h6-19,21,31H,4-5,20H2,1-3H3/b29-19-/t31-/m1/s1. The fraction of sp³-hybridized carbons (Fsp3) is 0.206. The molecule has 3 aromatic carbocycles. The zero-order valence-corrected chi connectivity index (χ0v) is 24.6. The number of thiazole rings is 1. The van der Waals surface area contributed by atoms with Gasteiger partial charge in [0.25, 0.3) is 5.56 Å². The second-order valence-electron chi connectivity index (χ2n) is 9.99. The van der Waals surface area contributed by atoms with E-state index in [4.69, 9.17) is 14.5 Å². The summed E-state index contributed by atoms with van der Waals surface area (Å²) in [6.45, 7) is 6.84. The van der Waals surface area contributed by atoms with Crippen LogP contribution in [-0.4, -0.2) is 28.3 Å². The molecule has 3 heterocycles. The Morgan fingerprint density at radius 2 is 1.71 bits per heavy atom. The van der Waals surface area contributed by atoms with Crippen LogP contribution in [0.2, 0.25) is 0 Å². The Balaban J connectivity index is 1.54. The third-order valence-electron chi connectivity index (χ3n) is 7.33. The summed E-state index contributed by atoms with van der Waals surface area (Å²) in [6, 6.07) is 25.3. The first kappa shape index (κ1) is 27.5. The van der Waals surface area contributed by atoms with Crippen LogP contribution in [-0.2, 0) is 16.1 Å². The molecule has 1 aliphatic heterocycles. The number of rotatable bonds is 8. The molecular formula is C34H31N3O4S. The molecule has 42 heavy (non-hydrogen) atoms. The topological polar surface area (TPSA) is 74.8 Å². The van der Waals surface area contributed by atoms with Gasteiger partial charge >= 0.3 is 5.97 Å². The predicted octanol–water partition coefficient (Wildman–Crippen LogP) is 5.20. The van der Waals surface area contributed by atoms with Crippen molar-refractivity contribution in [3.63, 3.8) is 0 Å². The van der Waals surface area contributed by atoms with Gasteiger partial charge in [-0.05, 0) is 44.5 Å². The van der Waals surface area contributed by atoms with E-state index in [1.807, 2.05) is 67.6 Å². The maximum atomic E-state index is 14.2. The Labute approximate surface area is 247 Å². The summed E-state index contributed by atoms with van der Waals surface area (Å²) in [7, 11) is 0. The molecule has 0 spiro atoms. The summed E-state index contributed by atoms with van der Waals surface area (Å²) in [6.07, 6.45) is 4.02. The SMILES string of the molecule is CCOC(=O)C1=C(C)N=c2s/c(=C\c3cn(Cc4ccccc4)c4ccccc34)c(=O)n2[C@@H]1c1ccccc1OCC. The van der Waals surface area contributed by atoms with Crippen molar-refractivity contribution in [2.24, 2.45) is 4.99 Å². The van der Waals surface area contributed by atoms with Crippen molar-refractivity contribution in [1.29, 1.82) is 0 Å². The number of hydrogen-bond acceptors (Lipinski definition) is 6. The lowest BCUT2D eigenvalue weighted by Gasteiger charge is -2.26. The lowest BCUT2D eigenvalue weighted by molar-refractivity contribution is -0.139. The van der Waals surface area contributed by atoms with Crippen LogP contribution in [0.25, 0.3) is 17.0 Å². The molecular weight excluding hydrogens is 546 g/mol. The third kappa shape index (κ3) is 4.99. The number of benzene rings is 3. The maximum absolute atomic E-state index is 14.2. The number of aromatic nitrogens is 2. The molecule has 0 fully saturated rings. The predicted molar refractivity (Wildman–Crippen MR) is 165 cm³/mol. The van der Waals surface area contributed by atoms with Crippen molar-refractivity contribution in [3.05, 3.63) is 133 Å². The van der Waals surface area contributed by atoms with E-state index in [0.717, 1.165) is 16.5 Å². The van der Waals surface area contributed by atoms with Crippen molar-refractivity contribution in [1.82, 2.24) is 9.13 Å². The van der Waals surface area contributed by atoms with E-state index in [1.54, 1.807) is 18.4 Å². The highest BCUT2D eigenvalue weighted by Crippen LogP contribution is 2.36. The molecule has 1 atom stereocenters. The van der Waals surface area contributed by atoms with Crippen LogP contribution in [0.3, 0.4) is 0 Å². The number of carbonyl (C=O) groups excluding carboxylic acids is 1. The molecule has 7 nitrogen and oxygen atoms in total. The van der Waals surface area contributed by atoms with Gasteiger partial charge in [-0.3, -0.25) is 9.36 Å². The van der Waals surface area contributed by atoms with Gasteiger partial charge in [0, 0.05) is 34.8 Å². The molecule has 0 radical (unpaired) electrons. The highest BCUT2D eigenvalue weighted by Gasteiger charge is 2.35. The van der Waals surface area contributed by atoms with E-state index in [1.165, 1.54) is 16.9 Å². The third-order valence-corrected chi connectivity index (χ3v) is 8.32. The van der Waals surface area contributed by atoms with Gasteiger partial charge in [-0.1, -0.05) is 78.1 Å². The van der Waals surface area contributed by atoms with Gasteiger partial charge < -0.3 is 14.0 Å². The molecule has 2 aromatic heterocycles. The van der Waals surface area contributed by atoms with E-state index in [9.17, 15) is 9.59 Å². The average molecular weight is 578 g/mol. The molecule has 0 bridgehead atoms. The van der Waals surface area contributed by atoms with Crippen molar-refractivity contribution < 1.29 is 14.3 Å². The van der Waals surface area contributed by atoms with Gasteiger partial charge in [-0.25, -0.2) is 9.79 Å². The molecule has 0 aliphatic carbocycles. The zero-order valence-electron chi connectivity index (χ0n) is 23.7. The summed E-state index contributed by atoms with van der Waals surface area (Å²) < 4.78 is 15.7. The van der Waals surface area contributed by atoms with Gasteiger partial charge in [0.2, 0.25) is 0 Å². The highest BCUT2D eigenvalue weighted by atomic mass is 32.1. The maximum Gasteiger partial charge on any atom is 0.338 e. The molecule has 0 saturated heterocycles. The summed E-state index contributed by atoms with van der Waals surface area (Å²) in [5.41, 5.74) is 4.58. The van der Waals surface area contributed by atoms with Crippen molar-refractivity contribution >= 4 is 34.3 Å². The van der Waals surface area contributed by atoms with Crippen LogP contribution in [0.4, 0.5) is 0 Å². The largest absolute Gasteiger partial charge is 0.494 e. The summed E-state index contributed by atoms with van der Waals surface area (Å²) >= 11 is 1.32. The molecule has 1 aliphatic rings. The number of ether oxygens (including phenoxy) is 2. The van der Waals surface area contributed by atoms with Gasteiger partial charge in [-0.2, -0.15) is 0 Å². The number of hydrogen-bond donors (Lipinski definition) is 0. The first-order chi connectivity index (χ1) is 20.5. The van der Waals surface area contributed by atoms with E-state index in [2.05, 4.69) is 35.0 Å². The second-order valence-corrected chi connectivity index (χ2v) is 11.0. The molecule has 0 saturated carbocycles. The van der Waals surface area contributed by atoms with Crippen LogP contribution < -0.4 is 19.6 Å². The van der Waals surface area contributed by atoms with Crippen molar-refractivity contribution in [3.8, 4) is 5.75 Å². The zero-order chi connectivity index (χ0) is 29.2. The normalized spacial score (nSPS) is 15.0. The van der Waals surface area contributed by atoms with Gasteiger partial charge in [0.05, 0.1) is 29.0 Å². The fourth-order valence-corrected chi connectivity index (χ4v) is 6.56. The van der Waals surface area contributed by atoms with Gasteiger partial charge in [0.1, 0.15) is 11.8 Å². The lowest BCUT2D eigenvalue weighted by Crippen LogP contribution is -2.40. The molecule has 212 valence electrons. The van der Waals surface area contributed by atoms with E-state index in [0.29, 0.717) is 45.1 Å². The second kappa shape index (κ2) is 11.7. The Morgan fingerprint density at radius 3 is 2.50 bits per heavy atom. The first-order valence-electron chi connectivity index (χ1n) is 14.0. The monoisotopic (exact) mass is 577 g/mol. The van der Waals surface area contributed by atoms with Crippen LogP contribution in [0, 0.1) is 0 Å². The smallest absolute Gasteiger partial charge is 0.338 e. The van der Waals surface area contributed by atoms with Crippen LogP contribution in [0.1, 0.15) is 43.5 Å². The Bertz CT molecular complexity index is 2000. The van der Waals surface area contributed by atoms with Gasteiger partial charge in [0.15, 0.2) is 4.80 Å². The summed E-state index contributed by atoms with van der Waals surface area (Å²) in [4.78, 5) is 32.7. The summed E-state index contributed by atoms with van der Waals surface area (Å²) in [5, 5.41) is 1.06. The fourth-order valence-electron chi connectivity index (χ4n) is 5.52. The van der Waals surface area contributed by atoms with Crippen molar-refractivity contribution in [2.45, 2.75) is 33.4 Å². The number of fused-ring (bicyclic) bond motifs is 2. The van der Waals surface area contributed by atoms with Crippen LogP contribution >= 0.6 is 11.3 Å². The molecule has 5 aromatic rings. The quantitative estimate of drug-likeness (QED) is 0.238. The number of carbonyl (C=O) groups is 1. The molecule has 6 rings (SSSR count). The van der Waals surface area contributed by atoms with E-state index < -0.39 is 12.0 Å². The van der Waals surface area contributed by atoms with E-state index in [-0.39, 0.29) is 12.2 Å². The van der Waals surface area contributed by atoms with Crippen LogP contribution in [0.15, 0.2) is 106 Å². The molecule has 0 N–H and O–H groups in total. The first-order valence-corrected chi connectivity index (χ1v) is 14.8. The van der Waals surface area contributed by atoms with Crippen LogP contribution in [0.5, 0.6) is 5.75 Å². The minimum atomic E-state index is -0.732. The number of para-hydroxylation sites is 2. The molecule has 0 unspecified atom stereocenters. The Morgan fingerprint density at radius 1 is 0.976 bits per heavy atom. The highest BCUT2D eigenvalue weighted by molar-refractivity contribution is 7.07. The lowest BCUT2D eigenvalue weighted by atomic mass is 9.95. The van der Waals surface area contributed by atoms with Crippen molar-refractivity contribution in [2.75, 3.05) is 13.2 Å². The Kier molecular flexibility index (Phi) is 7.63. The number of esters is 1. The van der Waals surface area contributed by atoms with Gasteiger partial charge in [-0.15, -0.1) is 0 Å². The number of nitrogens with zero attached hydrogens (tertiary/aromatic N) is 3.